The number of carbonyl (C=O) groups is 1. The van der Waals surface area contributed by atoms with Crippen molar-refractivity contribution in [3.05, 3.63) is 52.4 Å². The minimum absolute atomic E-state index is 0.00415. The molecule has 7 nitrogen and oxygen atoms in total. The predicted molar refractivity (Wildman–Crippen MR) is 128 cm³/mol. The number of hydrogen-bond acceptors (Lipinski definition) is 6. The summed E-state index contributed by atoms with van der Waals surface area (Å²) in [7, 11) is -3.45. The summed E-state index contributed by atoms with van der Waals surface area (Å²) in [6.07, 6.45) is 4.98. The number of benzene rings is 1. The van der Waals surface area contributed by atoms with Crippen molar-refractivity contribution in [1.82, 2.24) is 9.88 Å². The first kappa shape index (κ1) is 23.5. The molecule has 0 spiro atoms. The molecule has 2 saturated heterocycles. The SMILES string of the molecule is NCc1cc(S(=O)(=O)C2CCCC2)cc(N2C3CCC2CN(C(=O)c2ccc(F)cc2Cl)C3)n1. The number of carbonyl (C=O) groups excluding carboxylic acids is 1. The van der Waals surface area contributed by atoms with Gasteiger partial charge in [0.15, 0.2) is 9.84 Å². The molecular formula is C24H28ClFN4O3S. The van der Waals surface area contributed by atoms with Crippen LogP contribution in [0.15, 0.2) is 35.2 Å². The van der Waals surface area contributed by atoms with Crippen LogP contribution < -0.4 is 10.6 Å². The zero-order chi connectivity index (χ0) is 24.0. The van der Waals surface area contributed by atoms with E-state index in [1.165, 1.54) is 12.1 Å². The lowest BCUT2D eigenvalue weighted by Gasteiger charge is -2.42. The van der Waals surface area contributed by atoms with E-state index >= 15 is 0 Å². The number of sulfone groups is 1. The Morgan fingerprint density at radius 3 is 2.38 bits per heavy atom. The predicted octanol–water partition coefficient (Wildman–Crippen LogP) is 3.54. The topological polar surface area (TPSA) is 96.6 Å². The third-order valence-corrected chi connectivity index (χ3v) is 9.87. The van der Waals surface area contributed by atoms with Gasteiger partial charge in [0.2, 0.25) is 0 Å². The zero-order valence-corrected chi connectivity index (χ0v) is 20.4. The van der Waals surface area contributed by atoms with E-state index < -0.39 is 15.7 Å². The summed E-state index contributed by atoms with van der Waals surface area (Å²) in [5.74, 6) is -0.102. The summed E-state index contributed by atoms with van der Waals surface area (Å²) < 4.78 is 40.0. The highest BCUT2D eigenvalue weighted by Crippen LogP contribution is 2.37. The van der Waals surface area contributed by atoms with Crippen molar-refractivity contribution in [2.75, 3.05) is 18.0 Å². The Labute approximate surface area is 204 Å². The van der Waals surface area contributed by atoms with Gasteiger partial charge in [-0.25, -0.2) is 17.8 Å². The van der Waals surface area contributed by atoms with Crippen LogP contribution in [0.1, 0.15) is 54.6 Å². The van der Waals surface area contributed by atoms with Crippen molar-refractivity contribution in [3.8, 4) is 0 Å². The van der Waals surface area contributed by atoms with Gasteiger partial charge in [0, 0.05) is 31.7 Å². The van der Waals surface area contributed by atoms with Crippen LogP contribution in [0.25, 0.3) is 0 Å². The lowest BCUT2D eigenvalue weighted by molar-refractivity contribution is 0.0717. The summed E-state index contributed by atoms with van der Waals surface area (Å²) in [6, 6.07) is 7.10. The molecule has 182 valence electrons. The molecule has 3 aliphatic rings. The molecule has 1 aromatic heterocycles. The van der Waals surface area contributed by atoms with Crippen LogP contribution in [0.4, 0.5) is 10.2 Å². The second-order valence-electron chi connectivity index (χ2n) is 9.43. The van der Waals surface area contributed by atoms with Gasteiger partial charge in [-0.2, -0.15) is 0 Å². The van der Waals surface area contributed by atoms with Gasteiger partial charge in [0.1, 0.15) is 11.6 Å². The molecule has 3 fully saturated rings. The second-order valence-corrected chi connectivity index (χ2v) is 12.1. The van der Waals surface area contributed by atoms with Crippen LogP contribution in [0.3, 0.4) is 0 Å². The second kappa shape index (κ2) is 9.09. The molecule has 10 heteroatoms. The number of piperazine rings is 1. The van der Waals surface area contributed by atoms with E-state index in [4.69, 9.17) is 17.3 Å². The van der Waals surface area contributed by atoms with E-state index in [1.807, 2.05) is 0 Å². The van der Waals surface area contributed by atoms with Crippen molar-refractivity contribution in [2.45, 2.75) is 67.3 Å². The average Bonchev–Trinajstić information content (AvgIpc) is 3.45. The van der Waals surface area contributed by atoms with Crippen molar-refractivity contribution in [1.29, 1.82) is 0 Å². The number of nitrogens with two attached hydrogens (primary N) is 1. The van der Waals surface area contributed by atoms with Crippen molar-refractivity contribution >= 4 is 33.2 Å². The standard InChI is InChI=1S/C24H28ClFN4O3S/c25-22-9-15(26)5-8-21(22)24(31)29-13-17-6-7-18(14-29)30(17)23-11-20(10-16(12-27)28-23)34(32,33)19-3-1-2-4-19/h5,8-11,17-19H,1-4,6-7,12-14,27H2. The number of anilines is 1. The molecule has 2 atom stereocenters. The van der Waals surface area contributed by atoms with Gasteiger partial charge in [-0.05, 0) is 56.0 Å². The molecular weight excluding hydrogens is 479 g/mol. The highest BCUT2D eigenvalue weighted by atomic mass is 35.5. The lowest BCUT2D eigenvalue weighted by atomic mass is 10.1. The maximum absolute atomic E-state index is 13.4. The highest BCUT2D eigenvalue weighted by molar-refractivity contribution is 7.92. The van der Waals surface area contributed by atoms with Gasteiger partial charge in [-0.3, -0.25) is 4.79 Å². The van der Waals surface area contributed by atoms with Gasteiger partial charge in [0.05, 0.1) is 26.4 Å². The molecule has 1 aromatic carbocycles. The third kappa shape index (κ3) is 4.18. The molecule has 3 heterocycles. The summed E-state index contributed by atoms with van der Waals surface area (Å²) in [5.41, 5.74) is 6.71. The minimum atomic E-state index is -3.45. The Kier molecular flexibility index (Phi) is 6.29. The van der Waals surface area contributed by atoms with Crippen LogP contribution in [0.2, 0.25) is 5.02 Å². The summed E-state index contributed by atoms with van der Waals surface area (Å²) in [6.45, 7) is 1.07. The quantitative estimate of drug-likeness (QED) is 0.666. The lowest BCUT2D eigenvalue weighted by Crippen LogP contribution is -2.55. The van der Waals surface area contributed by atoms with E-state index in [-0.39, 0.29) is 40.4 Å². The minimum Gasteiger partial charge on any atom is -0.347 e. The monoisotopic (exact) mass is 506 g/mol. The number of rotatable bonds is 5. The molecule has 1 saturated carbocycles. The van der Waals surface area contributed by atoms with Crippen LogP contribution in [0.5, 0.6) is 0 Å². The Morgan fingerprint density at radius 1 is 1.09 bits per heavy atom. The molecule has 2 N–H and O–H groups in total. The Balaban J connectivity index is 1.42. The normalized spacial score (nSPS) is 23.0. The highest BCUT2D eigenvalue weighted by Gasteiger charge is 2.43. The van der Waals surface area contributed by atoms with Gasteiger partial charge >= 0.3 is 0 Å². The summed E-state index contributed by atoms with van der Waals surface area (Å²) in [5, 5.41) is -0.251. The van der Waals surface area contributed by atoms with Crippen LogP contribution in [-0.4, -0.2) is 54.6 Å². The van der Waals surface area contributed by atoms with Crippen LogP contribution in [-0.2, 0) is 16.4 Å². The average molecular weight is 507 g/mol. The molecule has 1 aliphatic carbocycles. The first-order valence-electron chi connectivity index (χ1n) is 11.8. The van der Waals surface area contributed by atoms with Crippen molar-refractivity contribution in [3.63, 3.8) is 0 Å². The largest absolute Gasteiger partial charge is 0.347 e. The van der Waals surface area contributed by atoms with Crippen LogP contribution >= 0.6 is 11.6 Å². The molecule has 2 aromatic rings. The van der Waals surface area contributed by atoms with E-state index in [0.717, 1.165) is 31.7 Å². The van der Waals surface area contributed by atoms with E-state index in [2.05, 4.69) is 9.88 Å². The maximum atomic E-state index is 13.4. The van der Waals surface area contributed by atoms with Crippen molar-refractivity contribution < 1.29 is 17.6 Å². The fourth-order valence-electron chi connectivity index (χ4n) is 5.61. The van der Waals surface area contributed by atoms with Gasteiger partial charge in [-0.15, -0.1) is 0 Å². The first-order chi connectivity index (χ1) is 16.3. The maximum Gasteiger partial charge on any atom is 0.255 e. The number of aromatic nitrogens is 1. The first-order valence-corrected chi connectivity index (χ1v) is 13.7. The number of nitrogens with zero attached hydrogens (tertiary/aromatic N) is 3. The Hall–Kier alpha value is -2.23. The number of pyridine rings is 1. The van der Waals surface area contributed by atoms with Gasteiger partial charge < -0.3 is 15.5 Å². The Bertz CT molecular complexity index is 1200. The van der Waals surface area contributed by atoms with Gasteiger partial charge in [-0.1, -0.05) is 24.4 Å². The van der Waals surface area contributed by atoms with Crippen molar-refractivity contribution in [2.24, 2.45) is 5.73 Å². The van der Waals surface area contributed by atoms with Gasteiger partial charge in [0.25, 0.3) is 5.91 Å². The number of fused-ring (bicyclic) bond motifs is 2. The zero-order valence-electron chi connectivity index (χ0n) is 18.8. The smallest absolute Gasteiger partial charge is 0.255 e. The molecule has 2 unspecified atom stereocenters. The van der Waals surface area contributed by atoms with E-state index in [1.54, 1.807) is 17.0 Å². The van der Waals surface area contributed by atoms with E-state index in [0.29, 0.717) is 42.3 Å². The fraction of sp³-hybridized carbons (Fsp3) is 0.500. The Morgan fingerprint density at radius 2 is 1.76 bits per heavy atom. The van der Waals surface area contributed by atoms with E-state index in [9.17, 15) is 17.6 Å². The number of hydrogen-bond donors (Lipinski definition) is 1. The number of likely N-dealkylation sites (tertiary alicyclic amines) is 1. The molecule has 1 amide bonds. The fourth-order valence-corrected chi connectivity index (χ4v) is 7.77. The molecule has 2 bridgehead atoms. The summed E-state index contributed by atoms with van der Waals surface area (Å²) >= 11 is 6.13. The number of halogens is 2. The molecule has 34 heavy (non-hydrogen) atoms. The summed E-state index contributed by atoms with van der Waals surface area (Å²) in [4.78, 5) is 22.0. The molecule has 5 rings (SSSR count). The van der Waals surface area contributed by atoms with Crippen LogP contribution in [0, 0.1) is 5.82 Å². The third-order valence-electron chi connectivity index (χ3n) is 7.31. The molecule has 0 radical (unpaired) electrons. The number of amides is 1. The molecule has 2 aliphatic heterocycles.